The molecule has 1 saturated heterocycles. The molecule has 2 aromatic carbocycles. The number of nitrogens with one attached hydrogen (secondary N) is 2. The summed E-state index contributed by atoms with van der Waals surface area (Å²) in [7, 11) is 0. The van der Waals surface area contributed by atoms with Crippen LogP contribution in [0.1, 0.15) is 31.9 Å². The molecule has 0 radical (unpaired) electrons. The van der Waals surface area contributed by atoms with Gasteiger partial charge in [0.25, 0.3) is 5.91 Å². The average molecular weight is 397 g/mol. The van der Waals surface area contributed by atoms with Crippen LogP contribution in [-0.2, 0) is 20.5 Å². The average Bonchev–Trinajstić information content (AvgIpc) is 2.91. The zero-order valence-corrected chi connectivity index (χ0v) is 16.7. The number of nitrogens with zero attached hydrogens (tertiary/aromatic N) is 1. The lowest BCUT2D eigenvalue weighted by Crippen LogP contribution is -2.45. The summed E-state index contributed by atoms with van der Waals surface area (Å²) in [4.78, 5) is 38.5. The van der Waals surface area contributed by atoms with E-state index in [0.717, 1.165) is 10.5 Å². The van der Waals surface area contributed by atoms with Gasteiger partial charge in [0.15, 0.2) is 0 Å². The van der Waals surface area contributed by atoms with E-state index in [2.05, 4.69) is 10.6 Å². The first-order valence-corrected chi connectivity index (χ1v) is 9.36. The van der Waals surface area contributed by atoms with E-state index in [9.17, 15) is 18.8 Å². The molecule has 1 heterocycles. The highest BCUT2D eigenvalue weighted by Crippen LogP contribution is 2.28. The Labute approximate surface area is 169 Å². The van der Waals surface area contributed by atoms with Crippen molar-refractivity contribution in [1.82, 2.24) is 15.5 Å². The molecule has 4 amide bonds. The highest BCUT2D eigenvalue weighted by atomic mass is 19.1. The van der Waals surface area contributed by atoms with Crippen molar-refractivity contribution in [2.75, 3.05) is 13.1 Å². The molecule has 0 unspecified atom stereocenters. The van der Waals surface area contributed by atoms with Crippen LogP contribution in [0.2, 0.25) is 0 Å². The molecule has 2 N–H and O–H groups in total. The molecule has 0 saturated carbocycles. The first-order valence-electron chi connectivity index (χ1n) is 9.36. The van der Waals surface area contributed by atoms with Crippen LogP contribution in [0.5, 0.6) is 0 Å². The third-order valence-electron chi connectivity index (χ3n) is 5.26. The number of rotatable bonds is 6. The number of benzene rings is 2. The lowest BCUT2D eigenvalue weighted by atomic mass is 9.84. The standard InChI is InChI=1S/C22H24FN3O3/c1-21(2,16-10-7-11-17(23)12-16)14-24-18(27)13-26-19(28)22(3,25-20(26)29)15-8-5-4-6-9-15/h4-12H,13-14H2,1-3H3,(H,24,27)(H,25,29)/t22-/m1/s1. The largest absolute Gasteiger partial charge is 0.354 e. The van der Waals surface area contributed by atoms with Crippen LogP contribution in [-0.4, -0.2) is 35.8 Å². The summed E-state index contributed by atoms with van der Waals surface area (Å²) < 4.78 is 13.5. The monoisotopic (exact) mass is 397 g/mol. The van der Waals surface area contributed by atoms with Crippen LogP contribution in [0.4, 0.5) is 9.18 Å². The molecule has 152 valence electrons. The van der Waals surface area contributed by atoms with Gasteiger partial charge >= 0.3 is 6.03 Å². The van der Waals surface area contributed by atoms with Gasteiger partial charge in [0.05, 0.1) is 0 Å². The minimum absolute atomic E-state index is 0.231. The third kappa shape index (κ3) is 4.13. The SMILES string of the molecule is CC(C)(CNC(=O)CN1C(=O)N[C@](C)(c2ccccc2)C1=O)c1cccc(F)c1. The molecule has 6 nitrogen and oxygen atoms in total. The van der Waals surface area contributed by atoms with E-state index in [0.29, 0.717) is 5.56 Å². The first kappa shape index (κ1) is 20.5. The number of hydrogen-bond acceptors (Lipinski definition) is 3. The molecule has 0 aromatic heterocycles. The predicted octanol–water partition coefficient (Wildman–Crippen LogP) is 2.69. The van der Waals surface area contributed by atoms with E-state index in [1.54, 1.807) is 43.3 Å². The van der Waals surface area contributed by atoms with E-state index in [-0.39, 0.29) is 18.9 Å². The summed E-state index contributed by atoms with van der Waals surface area (Å²) >= 11 is 0. The molecule has 1 aliphatic heterocycles. The van der Waals surface area contributed by atoms with Crippen molar-refractivity contribution in [3.05, 3.63) is 71.5 Å². The number of urea groups is 1. The fraction of sp³-hybridized carbons (Fsp3) is 0.318. The van der Waals surface area contributed by atoms with E-state index in [4.69, 9.17) is 0 Å². The van der Waals surface area contributed by atoms with Gasteiger partial charge in [0.1, 0.15) is 17.9 Å². The van der Waals surface area contributed by atoms with Crippen LogP contribution in [0.15, 0.2) is 54.6 Å². The molecule has 1 aliphatic rings. The molecule has 0 bridgehead atoms. The summed E-state index contributed by atoms with van der Waals surface area (Å²) in [6.45, 7) is 5.22. The zero-order chi connectivity index (χ0) is 21.2. The number of hydrogen-bond donors (Lipinski definition) is 2. The number of imide groups is 1. The summed E-state index contributed by atoms with van der Waals surface area (Å²) in [6.07, 6.45) is 0. The number of carbonyl (C=O) groups is 3. The molecular formula is C22H24FN3O3. The minimum Gasteiger partial charge on any atom is -0.354 e. The Hall–Kier alpha value is -3.22. The summed E-state index contributed by atoms with van der Waals surface area (Å²) in [6, 6.07) is 14.5. The van der Waals surface area contributed by atoms with Crippen molar-refractivity contribution in [1.29, 1.82) is 0 Å². The Balaban J connectivity index is 1.65. The molecule has 2 aromatic rings. The number of carbonyl (C=O) groups excluding carboxylic acids is 3. The summed E-state index contributed by atoms with van der Waals surface area (Å²) in [5, 5.41) is 5.41. The van der Waals surface area contributed by atoms with Crippen molar-refractivity contribution in [3.8, 4) is 0 Å². The maximum atomic E-state index is 13.5. The van der Waals surface area contributed by atoms with Crippen LogP contribution in [0.3, 0.4) is 0 Å². The van der Waals surface area contributed by atoms with E-state index >= 15 is 0 Å². The Morgan fingerprint density at radius 3 is 2.48 bits per heavy atom. The fourth-order valence-electron chi connectivity index (χ4n) is 3.34. The molecular weight excluding hydrogens is 373 g/mol. The van der Waals surface area contributed by atoms with E-state index in [1.165, 1.54) is 12.1 Å². The third-order valence-corrected chi connectivity index (χ3v) is 5.26. The molecule has 3 rings (SSSR count). The fourth-order valence-corrected chi connectivity index (χ4v) is 3.34. The van der Waals surface area contributed by atoms with Gasteiger partial charge in [0, 0.05) is 12.0 Å². The molecule has 29 heavy (non-hydrogen) atoms. The number of halogens is 1. The topological polar surface area (TPSA) is 78.5 Å². The van der Waals surface area contributed by atoms with Gasteiger partial charge in [-0.15, -0.1) is 0 Å². The number of amides is 4. The van der Waals surface area contributed by atoms with E-state index in [1.807, 2.05) is 19.9 Å². The van der Waals surface area contributed by atoms with Crippen molar-refractivity contribution >= 4 is 17.8 Å². The quantitative estimate of drug-likeness (QED) is 0.736. The first-order chi connectivity index (χ1) is 13.6. The van der Waals surface area contributed by atoms with Crippen molar-refractivity contribution in [2.24, 2.45) is 0 Å². The Morgan fingerprint density at radius 2 is 1.83 bits per heavy atom. The Kier molecular flexibility index (Phi) is 5.42. The van der Waals surface area contributed by atoms with Crippen molar-refractivity contribution in [3.63, 3.8) is 0 Å². The lowest BCUT2D eigenvalue weighted by molar-refractivity contribution is -0.134. The minimum atomic E-state index is -1.21. The Bertz CT molecular complexity index is 945. The zero-order valence-electron chi connectivity index (χ0n) is 16.7. The second kappa shape index (κ2) is 7.66. The van der Waals surface area contributed by atoms with Crippen LogP contribution < -0.4 is 10.6 Å². The Morgan fingerprint density at radius 1 is 1.14 bits per heavy atom. The molecule has 7 heteroatoms. The molecule has 0 aliphatic carbocycles. The highest BCUT2D eigenvalue weighted by molar-refractivity contribution is 6.09. The predicted molar refractivity (Wildman–Crippen MR) is 106 cm³/mol. The second-order valence-corrected chi connectivity index (χ2v) is 7.98. The second-order valence-electron chi connectivity index (χ2n) is 7.98. The molecule has 1 atom stereocenters. The van der Waals surface area contributed by atoms with Gasteiger partial charge < -0.3 is 10.6 Å². The van der Waals surface area contributed by atoms with Gasteiger partial charge in [-0.1, -0.05) is 56.3 Å². The van der Waals surface area contributed by atoms with Crippen LogP contribution in [0.25, 0.3) is 0 Å². The summed E-state index contributed by atoms with van der Waals surface area (Å²) in [5.41, 5.74) is -0.342. The van der Waals surface area contributed by atoms with Gasteiger partial charge in [-0.25, -0.2) is 9.18 Å². The van der Waals surface area contributed by atoms with Crippen LogP contribution >= 0.6 is 0 Å². The van der Waals surface area contributed by atoms with Gasteiger partial charge in [-0.3, -0.25) is 14.5 Å². The van der Waals surface area contributed by atoms with E-state index < -0.39 is 28.8 Å². The van der Waals surface area contributed by atoms with Gasteiger partial charge in [-0.05, 0) is 30.2 Å². The normalized spacial score (nSPS) is 19.2. The summed E-state index contributed by atoms with van der Waals surface area (Å²) in [5.74, 6) is -1.29. The highest BCUT2D eigenvalue weighted by Gasteiger charge is 2.49. The molecule has 1 fully saturated rings. The lowest BCUT2D eigenvalue weighted by Gasteiger charge is -2.26. The van der Waals surface area contributed by atoms with Gasteiger partial charge in [-0.2, -0.15) is 0 Å². The maximum Gasteiger partial charge on any atom is 0.325 e. The smallest absolute Gasteiger partial charge is 0.325 e. The maximum absolute atomic E-state index is 13.5. The van der Waals surface area contributed by atoms with Crippen LogP contribution in [0, 0.1) is 5.82 Å². The van der Waals surface area contributed by atoms with Gasteiger partial charge in [0.2, 0.25) is 5.91 Å². The van der Waals surface area contributed by atoms with Crippen molar-refractivity contribution < 1.29 is 18.8 Å². The van der Waals surface area contributed by atoms with Crippen molar-refractivity contribution in [2.45, 2.75) is 31.7 Å². The molecule has 0 spiro atoms.